The third kappa shape index (κ3) is 24.8. The summed E-state index contributed by atoms with van der Waals surface area (Å²) in [5.41, 5.74) is 6.33. The third-order valence-electron chi connectivity index (χ3n) is 4.58. The van der Waals surface area contributed by atoms with Crippen molar-refractivity contribution in [3.05, 3.63) is 57.6 Å². The standard InChI is InChI=1S/C17H25NO5S2.C7H6Cl2.C5H11NO2.C2H2/c1-2-23-17(22)12-18-16(21)4-3-13-9-14(24-7-5-19)11-15(10-13)25-8-6-20;1-5-2-3-6(8)4-7(5)9;1-5(2,3)8-4(6)7;1-2/h9-11,19-20H,2-8,12H2,1H3,(H,18,21);2-4H,1H3;1-3H3,(H2,6,7);1-2H. The lowest BCUT2D eigenvalue weighted by molar-refractivity contribution is -0.143. The zero-order valence-corrected chi connectivity index (χ0v) is 29.0. The molecule has 0 saturated carbocycles. The molecule has 0 saturated heterocycles. The van der Waals surface area contributed by atoms with E-state index in [1.165, 1.54) is 0 Å². The van der Waals surface area contributed by atoms with Gasteiger partial charge in [-0.05, 0) is 82.5 Å². The van der Waals surface area contributed by atoms with Gasteiger partial charge in [0.1, 0.15) is 12.1 Å². The first-order valence-electron chi connectivity index (χ1n) is 13.5. The van der Waals surface area contributed by atoms with Gasteiger partial charge in [0, 0.05) is 37.8 Å². The minimum atomic E-state index is -0.725. The second-order valence-corrected chi connectivity index (χ2v) is 12.6. The van der Waals surface area contributed by atoms with E-state index in [0.717, 1.165) is 25.9 Å². The van der Waals surface area contributed by atoms with Gasteiger partial charge in [0.25, 0.3) is 0 Å². The number of primary amides is 1. The van der Waals surface area contributed by atoms with E-state index in [0.29, 0.717) is 29.6 Å². The molecular formula is C31H44Cl2N2O7S2. The Morgan fingerprint density at radius 3 is 1.91 bits per heavy atom. The van der Waals surface area contributed by atoms with Crippen molar-refractivity contribution in [2.24, 2.45) is 5.73 Å². The summed E-state index contributed by atoms with van der Waals surface area (Å²) in [6, 6.07) is 11.5. The molecule has 0 fully saturated rings. The molecule has 13 heteroatoms. The lowest BCUT2D eigenvalue weighted by Crippen LogP contribution is -2.30. The number of aliphatic hydroxyl groups is 2. The molecule has 2 aromatic carbocycles. The van der Waals surface area contributed by atoms with Crippen LogP contribution in [0.15, 0.2) is 46.2 Å². The van der Waals surface area contributed by atoms with Crippen LogP contribution in [0.25, 0.3) is 0 Å². The summed E-state index contributed by atoms with van der Waals surface area (Å²) in [5.74, 6) is 0.563. The highest BCUT2D eigenvalue weighted by Crippen LogP contribution is 2.27. The maximum Gasteiger partial charge on any atom is 0.405 e. The molecule has 246 valence electrons. The number of benzene rings is 2. The molecule has 0 bridgehead atoms. The predicted molar refractivity (Wildman–Crippen MR) is 182 cm³/mol. The number of rotatable bonds is 12. The van der Waals surface area contributed by atoms with E-state index in [2.05, 4.69) is 22.9 Å². The molecule has 2 rings (SSSR count). The van der Waals surface area contributed by atoms with Crippen molar-refractivity contribution in [1.82, 2.24) is 5.32 Å². The fraction of sp³-hybridized carbons (Fsp3) is 0.452. The van der Waals surface area contributed by atoms with Crippen molar-refractivity contribution in [2.75, 3.05) is 37.9 Å². The van der Waals surface area contributed by atoms with E-state index >= 15 is 0 Å². The molecule has 0 heterocycles. The second-order valence-electron chi connectivity index (χ2n) is 9.47. The summed E-state index contributed by atoms with van der Waals surface area (Å²) in [5, 5.41) is 21.9. The second kappa shape index (κ2) is 25.7. The monoisotopic (exact) mass is 690 g/mol. The smallest absolute Gasteiger partial charge is 0.405 e. The Labute approximate surface area is 279 Å². The van der Waals surface area contributed by atoms with Crippen LogP contribution in [-0.2, 0) is 25.5 Å². The van der Waals surface area contributed by atoms with Gasteiger partial charge in [-0.3, -0.25) is 9.59 Å². The van der Waals surface area contributed by atoms with E-state index in [9.17, 15) is 14.4 Å². The van der Waals surface area contributed by atoms with Crippen molar-refractivity contribution in [3.63, 3.8) is 0 Å². The van der Waals surface area contributed by atoms with Gasteiger partial charge in [-0.2, -0.15) is 0 Å². The highest BCUT2D eigenvalue weighted by atomic mass is 35.5. The normalized spacial score (nSPS) is 9.98. The first kappa shape index (κ1) is 43.5. The van der Waals surface area contributed by atoms with Gasteiger partial charge in [0.05, 0.1) is 19.8 Å². The lowest BCUT2D eigenvalue weighted by atomic mass is 10.1. The van der Waals surface area contributed by atoms with Gasteiger partial charge < -0.3 is 30.7 Å². The molecular weight excluding hydrogens is 647 g/mol. The summed E-state index contributed by atoms with van der Waals surface area (Å²) >= 11 is 14.5. The predicted octanol–water partition coefficient (Wildman–Crippen LogP) is 5.90. The number of hydrogen-bond acceptors (Lipinski definition) is 9. The molecule has 2 aromatic rings. The Bertz CT molecular complexity index is 1130. The van der Waals surface area contributed by atoms with Crippen LogP contribution in [0.4, 0.5) is 4.79 Å². The summed E-state index contributed by atoms with van der Waals surface area (Å²) in [7, 11) is 0. The first-order chi connectivity index (χ1) is 20.7. The quantitative estimate of drug-likeness (QED) is 0.121. The Morgan fingerprint density at radius 2 is 1.52 bits per heavy atom. The number of aryl methyl sites for hydroxylation is 2. The van der Waals surface area contributed by atoms with Crippen LogP contribution >= 0.6 is 46.7 Å². The van der Waals surface area contributed by atoms with Crippen LogP contribution in [0, 0.1) is 19.8 Å². The van der Waals surface area contributed by atoms with E-state index < -0.39 is 17.7 Å². The van der Waals surface area contributed by atoms with Crippen molar-refractivity contribution in [1.29, 1.82) is 0 Å². The van der Waals surface area contributed by atoms with Crippen LogP contribution in [-0.4, -0.2) is 71.7 Å². The summed E-state index contributed by atoms with van der Waals surface area (Å²) < 4.78 is 9.34. The molecule has 0 aliphatic heterocycles. The summed E-state index contributed by atoms with van der Waals surface area (Å²) in [4.78, 5) is 35.1. The van der Waals surface area contributed by atoms with Gasteiger partial charge >= 0.3 is 12.1 Å². The number of hydrogen-bond donors (Lipinski definition) is 4. The van der Waals surface area contributed by atoms with Crippen molar-refractivity contribution >= 4 is 64.7 Å². The minimum absolute atomic E-state index is 0.101. The summed E-state index contributed by atoms with van der Waals surface area (Å²) in [6.45, 7) is 9.33. The molecule has 0 aliphatic carbocycles. The third-order valence-corrected chi connectivity index (χ3v) is 7.13. The molecule has 0 radical (unpaired) electrons. The minimum Gasteiger partial charge on any atom is -0.465 e. The van der Waals surface area contributed by atoms with Crippen molar-refractivity contribution < 1.29 is 34.1 Å². The molecule has 2 amide bonds. The Kier molecular flexibility index (Phi) is 25.4. The number of nitrogens with one attached hydrogen (secondary N) is 1. The number of esters is 1. The number of ether oxygens (including phenoxy) is 2. The highest BCUT2D eigenvalue weighted by Gasteiger charge is 2.12. The van der Waals surface area contributed by atoms with E-state index in [1.807, 2.05) is 37.3 Å². The molecule has 0 aromatic heterocycles. The van der Waals surface area contributed by atoms with Gasteiger partial charge in [0.2, 0.25) is 5.91 Å². The van der Waals surface area contributed by atoms with Crippen LogP contribution < -0.4 is 11.1 Å². The number of terminal acetylenes is 1. The number of nitrogens with two attached hydrogens (primary N) is 1. The first-order valence-corrected chi connectivity index (χ1v) is 16.2. The van der Waals surface area contributed by atoms with Gasteiger partial charge in [-0.15, -0.1) is 36.4 Å². The Morgan fingerprint density at radius 1 is 0.977 bits per heavy atom. The zero-order valence-electron chi connectivity index (χ0n) is 25.9. The van der Waals surface area contributed by atoms with Gasteiger partial charge in [-0.25, -0.2) is 4.79 Å². The molecule has 0 aliphatic rings. The average molecular weight is 692 g/mol. The number of thioether (sulfide) groups is 2. The van der Waals surface area contributed by atoms with Crippen LogP contribution in [0.3, 0.4) is 0 Å². The average Bonchev–Trinajstić information content (AvgIpc) is 2.95. The number of carbonyl (C=O) groups is 3. The topological polar surface area (TPSA) is 148 Å². The Balaban J connectivity index is 0. The maximum atomic E-state index is 11.8. The van der Waals surface area contributed by atoms with E-state index in [1.54, 1.807) is 57.3 Å². The zero-order chi connectivity index (χ0) is 34.1. The summed E-state index contributed by atoms with van der Waals surface area (Å²) in [6.07, 6.45) is 8.10. The van der Waals surface area contributed by atoms with Gasteiger partial charge in [0.15, 0.2) is 0 Å². The molecule has 0 atom stereocenters. The molecule has 0 spiro atoms. The number of halogens is 2. The van der Waals surface area contributed by atoms with Crippen LogP contribution in [0.5, 0.6) is 0 Å². The Hall–Kier alpha value is -2.59. The number of amides is 2. The largest absolute Gasteiger partial charge is 0.465 e. The molecule has 44 heavy (non-hydrogen) atoms. The van der Waals surface area contributed by atoms with Gasteiger partial charge in [-0.1, -0.05) is 29.3 Å². The van der Waals surface area contributed by atoms with E-state index in [4.69, 9.17) is 43.9 Å². The fourth-order valence-corrected chi connectivity index (χ4v) is 4.89. The van der Waals surface area contributed by atoms with Crippen molar-refractivity contribution in [3.8, 4) is 12.8 Å². The fourth-order valence-electron chi connectivity index (χ4n) is 2.87. The molecule has 9 nitrogen and oxygen atoms in total. The van der Waals surface area contributed by atoms with E-state index in [-0.39, 0.29) is 32.1 Å². The number of aliphatic hydroxyl groups excluding tert-OH is 2. The highest BCUT2D eigenvalue weighted by molar-refractivity contribution is 8.00. The van der Waals surface area contributed by atoms with Crippen LogP contribution in [0.1, 0.15) is 45.2 Å². The van der Waals surface area contributed by atoms with Crippen molar-refractivity contribution in [2.45, 2.75) is 62.9 Å². The molecule has 5 N–H and O–H groups in total. The SMILES string of the molecule is C#C.CC(C)(C)OC(N)=O.CCOC(=O)CNC(=O)CCc1cc(SCCO)cc(SCCO)c1.Cc1ccc(Cl)cc1Cl. The number of carbonyl (C=O) groups excluding carboxylic acids is 3. The maximum absolute atomic E-state index is 11.8. The lowest BCUT2D eigenvalue weighted by Gasteiger charge is -2.16. The molecule has 0 unspecified atom stereocenters. The van der Waals surface area contributed by atoms with Crippen LogP contribution in [0.2, 0.25) is 10.0 Å².